The first-order valence-corrected chi connectivity index (χ1v) is 6.86. The smallest absolute Gasteiger partial charge is 0.0820 e. The predicted molar refractivity (Wildman–Crippen MR) is 78.0 cm³/mol. The highest BCUT2D eigenvalue weighted by molar-refractivity contribution is 5.32. The highest BCUT2D eigenvalue weighted by Crippen LogP contribution is 2.30. The molecular formula is C16H27NO. The van der Waals surface area contributed by atoms with E-state index in [1.165, 1.54) is 16.7 Å². The molecule has 2 heteroatoms. The van der Waals surface area contributed by atoms with Gasteiger partial charge in [-0.1, -0.05) is 25.1 Å². The van der Waals surface area contributed by atoms with Gasteiger partial charge in [0.05, 0.1) is 11.6 Å². The molecule has 0 spiro atoms. The molecule has 0 aliphatic rings. The zero-order chi connectivity index (χ0) is 13.8. The Morgan fingerprint density at radius 1 is 1.17 bits per heavy atom. The van der Waals surface area contributed by atoms with Crippen molar-refractivity contribution >= 4 is 0 Å². The molecule has 0 radical (unpaired) electrons. The second-order valence-electron chi connectivity index (χ2n) is 5.37. The maximum atomic E-state index is 5.91. The number of rotatable bonds is 6. The summed E-state index contributed by atoms with van der Waals surface area (Å²) in [6, 6.07) is 6.89. The van der Waals surface area contributed by atoms with Crippen LogP contribution in [0.25, 0.3) is 0 Å². The normalized spacial score (nSPS) is 13.7. The van der Waals surface area contributed by atoms with Crippen LogP contribution in [0.15, 0.2) is 18.2 Å². The number of likely N-dealkylation sites (N-methyl/N-ethyl adjacent to an activating group) is 1. The minimum atomic E-state index is -0.202. The van der Waals surface area contributed by atoms with Gasteiger partial charge in [0.1, 0.15) is 0 Å². The first-order chi connectivity index (χ1) is 8.42. The predicted octanol–water partition coefficient (Wildman–Crippen LogP) is 3.77. The quantitative estimate of drug-likeness (QED) is 0.828. The van der Waals surface area contributed by atoms with Gasteiger partial charge in [0.25, 0.3) is 0 Å². The van der Waals surface area contributed by atoms with Crippen molar-refractivity contribution < 1.29 is 4.74 Å². The lowest BCUT2D eigenvalue weighted by molar-refractivity contribution is -0.0388. The average molecular weight is 249 g/mol. The Morgan fingerprint density at radius 3 is 2.33 bits per heavy atom. The van der Waals surface area contributed by atoms with Gasteiger partial charge in [0, 0.05) is 6.61 Å². The number of ether oxygens (including phenoxy) is 1. The fourth-order valence-electron chi connectivity index (χ4n) is 2.37. The SMILES string of the molecule is CCNC(c1ccc(C)c(C)c1)C(C)(C)OCC. The number of hydrogen-bond acceptors (Lipinski definition) is 2. The Kier molecular flexibility index (Phi) is 5.36. The van der Waals surface area contributed by atoms with E-state index in [0.29, 0.717) is 0 Å². The van der Waals surface area contributed by atoms with Crippen LogP contribution < -0.4 is 5.32 Å². The Morgan fingerprint density at radius 2 is 1.83 bits per heavy atom. The summed E-state index contributed by atoms with van der Waals surface area (Å²) in [6.45, 7) is 14.5. The third-order valence-corrected chi connectivity index (χ3v) is 3.48. The zero-order valence-electron chi connectivity index (χ0n) is 12.6. The molecule has 1 aromatic carbocycles. The molecule has 1 atom stereocenters. The summed E-state index contributed by atoms with van der Waals surface area (Å²) in [5.41, 5.74) is 3.77. The van der Waals surface area contributed by atoms with Crippen molar-refractivity contribution in [3.63, 3.8) is 0 Å². The van der Waals surface area contributed by atoms with E-state index in [9.17, 15) is 0 Å². The van der Waals surface area contributed by atoms with Gasteiger partial charge in [0.15, 0.2) is 0 Å². The van der Waals surface area contributed by atoms with E-state index in [-0.39, 0.29) is 11.6 Å². The lowest BCUT2D eigenvalue weighted by Crippen LogP contribution is -2.41. The van der Waals surface area contributed by atoms with Crippen molar-refractivity contribution in [2.24, 2.45) is 0 Å². The molecule has 1 rings (SSSR count). The number of nitrogens with one attached hydrogen (secondary N) is 1. The number of benzene rings is 1. The first kappa shape index (κ1) is 15.2. The molecule has 0 saturated carbocycles. The average Bonchev–Trinajstić information content (AvgIpc) is 2.29. The lowest BCUT2D eigenvalue weighted by atomic mass is 9.89. The van der Waals surface area contributed by atoms with Gasteiger partial charge in [-0.15, -0.1) is 0 Å². The minimum Gasteiger partial charge on any atom is -0.374 e. The standard InChI is InChI=1S/C16H27NO/c1-7-17-15(16(5,6)18-8-2)14-10-9-12(3)13(4)11-14/h9-11,15,17H,7-8H2,1-6H3. The third-order valence-electron chi connectivity index (χ3n) is 3.48. The fourth-order valence-corrected chi connectivity index (χ4v) is 2.37. The van der Waals surface area contributed by atoms with Crippen molar-refractivity contribution in [1.82, 2.24) is 5.32 Å². The molecule has 0 fully saturated rings. The van der Waals surface area contributed by atoms with Crippen molar-refractivity contribution in [3.8, 4) is 0 Å². The van der Waals surface area contributed by atoms with Crippen LogP contribution in [0.4, 0.5) is 0 Å². The second kappa shape index (κ2) is 6.35. The third kappa shape index (κ3) is 3.56. The highest BCUT2D eigenvalue weighted by atomic mass is 16.5. The second-order valence-corrected chi connectivity index (χ2v) is 5.37. The Balaban J connectivity index is 3.07. The van der Waals surface area contributed by atoms with Gasteiger partial charge < -0.3 is 10.1 Å². The Labute approximate surface area is 112 Å². The first-order valence-electron chi connectivity index (χ1n) is 6.86. The van der Waals surface area contributed by atoms with Crippen LogP contribution in [0, 0.1) is 13.8 Å². The van der Waals surface area contributed by atoms with Crippen LogP contribution in [0.3, 0.4) is 0 Å². The van der Waals surface area contributed by atoms with E-state index in [0.717, 1.165) is 13.2 Å². The molecule has 0 aliphatic carbocycles. The fraction of sp³-hybridized carbons (Fsp3) is 0.625. The molecule has 0 saturated heterocycles. The molecule has 0 bridgehead atoms. The highest BCUT2D eigenvalue weighted by Gasteiger charge is 2.30. The molecule has 1 unspecified atom stereocenters. The molecule has 0 aromatic heterocycles. The summed E-state index contributed by atoms with van der Waals surface area (Å²) < 4.78 is 5.91. The van der Waals surface area contributed by atoms with Gasteiger partial charge in [-0.25, -0.2) is 0 Å². The molecule has 1 N–H and O–H groups in total. The largest absolute Gasteiger partial charge is 0.374 e. The Hall–Kier alpha value is -0.860. The molecule has 1 aromatic rings. The minimum absolute atomic E-state index is 0.202. The number of hydrogen-bond donors (Lipinski definition) is 1. The van der Waals surface area contributed by atoms with Crippen LogP contribution in [0.5, 0.6) is 0 Å². The van der Waals surface area contributed by atoms with Gasteiger partial charge in [0.2, 0.25) is 0 Å². The van der Waals surface area contributed by atoms with Gasteiger partial charge in [-0.05, 0) is 57.9 Å². The molecule has 18 heavy (non-hydrogen) atoms. The summed E-state index contributed by atoms with van der Waals surface area (Å²) in [5.74, 6) is 0. The molecular weight excluding hydrogens is 222 g/mol. The van der Waals surface area contributed by atoms with Crippen molar-refractivity contribution in [3.05, 3.63) is 34.9 Å². The summed E-state index contributed by atoms with van der Waals surface area (Å²) >= 11 is 0. The zero-order valence-corrected chi connectivity index (χ0v) is 12.6. The van der Waals surface area contributed by atoms with E-state index < -0.39 is 0 Å². The summed E-state index contributed by atoms with van der Waals surface area (Å²) in [4.78, 5) is 0. The molecule has 2 nitrogen and oxygen atoms in total. The van der Waals surface area contributed by atoms with Gasteiger partial charge >= 0.3 is 0 Å². The summed E-state index contributed by atoms with van der Waals surface area (Å²) in [7, 11) is 0. The van der Waals surface area contributed by atoms with E-state index in [4.69, 9.17) is 4.74 Å². The van der Waals surface area contributed by atoms with Crippen molar-refractivity contribution in [2.45, 2.75) is 53.2 Å². The number of aryl methyl sites for hydroxylation is 2. The van der Waals surface area contributed by atoms with Gasteiger partial charge in [-0.2, -0.15) is 0 Å². The topological polar surface area (TPSA) is 21.3 Å². The van der Waals surface area contributed by atoms with Gasteiger partial charge in [-0.3, -0.25) is 0 Å². The molecule has 102 valence electrons. The van der Waals surface area contributed by atoms with Crippen LogP contribution in [-0.4, -0.2) is 18.8 Å². The lowest BCUT2D eigenvalue weighted by Gasteiger charge is -2.35. The monoisotopic (exact) mass is 249 g/mol. The van der Waals surface area contributed by atoms with E-state index in [1.807, 2.05) is 6.92 Å². The van der Waals surface area contributed by atoms with Crippen LogP contribution in [0.1, 0.15) is 50.4 Å². The molecule has 0 amide bonds. The maximum Gasteiger partial charge on any atom is 0.0820 e. The van der Waals surface area contributed by atoms with Crippen LogP contribution in [-0.2, 0) is 4.74 Å². The van der Waals surface area contributed by atoms with Crippen molar-refractivity contribution in [1.29, 1.82) is 0 Å². The van der Waals surface area contributed by atoms with Crippen molar-refractivity contribution in [2.75, 3.05) is 13.2 Å². The van der Waals surface area contributed by atoms with E-state index in [1.54, 1.807) is 0 Å². The van der Waals surface area contributed by atoms with E-state index in [2.05, 4.69) is 58.1 Å². The van der Waals surface area contributed by atoms with E-state index >= 15 is 0 Å². The van der Waals surface area contributed by atoms with Crippen LogP contribution in [0.2, 0.25) is 0 Å². The Bertz CT molecular complexity index is 385. The maximum absolute atomic E-state index is 5.91. The summed E-state index contributed by atoms with van der Waals surface area (Å²) in [5, 5.41) is 3.55. The molecule has 0 aliphatic heterocycles. The summed E-state index contributed by atoms with van der Waals surface area (Å²) in [6.07, 6.45) is 0. The van der Waals surface area contributed by atoms with Crippen LogP contribution >= 0.6 is 0 Å². The molecule has 0 heterocycles.